The molecule has 246 valence electrons. The van der Waals surface area contributed by atoms with Gasteiger partial charge in [0, 0.05) is 36.9 Å². The monoisotopic (exact) mass is 691 g/mol. The lowest BCUT2D eigenvalue weighted by Gasteiger charge is -2.13. The van der Waals surface area contributed by atoms with Crippen LogP contribution >= 0.6 is 11.3 Å². The summed E-state index contributed by atoms with van der Waals surface area (Å²) in [5.74, 6) is 1.96. The van der Waals surface area contributed by atoms with E-state index in [-0.39, 0.29) is 0 Å². The lowest BCUT2D eigenvalue weighted by atomic mass is 9.94. The first-order valence-electron chi connectivity index (χ1n) is 17.9. The van der Waals surface area contributed by atoms with Gasteiger partial charge in [-0.25, -0.2) is 15.0 Å². The Labute approximate surface area is 309 Å². The Hall–Kier alpha value is -6.75. The SMILES string of the molecule is c1ccc(-c2ccc3ccc(-c4nc(-c5ccccc5)nc(-c5cccc6c5ccc5ccc7sc8c9ccccc9ccc8c7c56)n4)cc3c2)cc1. The molecule has 0 bridgehead atoms. The van der Waals surface area contributed by atoms with Gasteiger partial charge in [-0.3, -0.25) is 0 Å². The second-order valence-corrected chi connectivity index (χ2v) is 14.6. The van der Waals surface area contributed by atoms with Gasteiger partial charge in [0.15, 0.2) is 17.5 Å². The summed E-state index contributed by atoms with van der Waals surface area (Å²) in [6, 6.07) is 62.6. The van der Waals surface area contributed by atoms with Crippen LogP contribution in [0, 0.1) is 0 Å². The van der Waals surface area contributed by atoms with Crippen molar-refractivity contribution in [1.29, 1.82) is 0 Å². The highest BCUT2D eigenvalue weighted by atomic mass is 32.1. The number of benzene rings is 9. The molecule has 53 heavy (non-hydrogen) atoms. The Bertz CT molecular complexity index is 3220. The number of thiophene rings is 1. The van der Waals surface area contributed by atoms with Gasteiger partial charge in [-0.2, -0.15) is 0 Å². The van der Waals surface area contributed by atoms with Crippen LogP contribution < -0.4 is 0 Å². The topological polar surface area (TPSA) is 38.7 Å². The number of hydrogen-bond donors (Lipinski definition) is 0. The molecule has 3 nitrogen and oxygen atoms in total. The van der Waals surface area contributed by atoms with E-state index in [1.807, 2.05) is 29.5 Å². The van der Waals surface area contributed by atoms with Gasteiger partial charge in [0.25, 0.3) is 0 Å². The number of fused-ring (bicyclic) bond motifs is 10. The van der Waals surface area contributed by atoms with E-state index in [0.717, 1.165) is 27.5 Å². The molecule has 11 rings (SSSR count). The summed E-state index contributed by atoms with van der Waals surface area (Å²) in [6.45, 7) is 0. The van der Waals surface area contributed by atoms with Crippen LogP contribution in [0.3, 0.4) is 0 Å². The Balaban J connectivity index is 1.14. The van der Waals surface area contributed by atoms with Crippen molar-refractivity contribution >= 4 is 74.6 Å². The molecule has 0 aliphatic heterocycles. The van der Waals surface area contributed by atoms with E-state index >= 15 is 0 Å². The maximum atomic E-state index is 5.23. The third kappa shape index (κ3) is 4.91. The van der Waals surface area contributed by atoms with Crippen molar-refractivity contribution in [2.75, 3.05) is 0 Å². The Morgan fingerprint density at radius 2 is 0.943 bits per heavy atom. The zero-order valence-corrected chi connectivity index (χ0v) is 29.3. The van der Waals surface area contributed by atoms with Crippen molar-refractivity contribution in [2.45, 2.75) is 0 Å². The van der Waals surface area contributed by atoms with E-state index in [0.29, 0.717) is 17.5 Å². The van der Waals surface area contributed by atoms with Gasteiger partial charge in [0.1, 0.15) is 0 Å². The molecule has 9 aromatic carbocycles. The summed E-state index contributed by atoms with van der Waals surface area (Å²) >= 11 is 1.88. The molecule has 0 saturated heterocycles. The highest BCUT2D eigenvalue weighted by molar-refractivity contribution is 7.27. The van der Waals surface area contributed by atoms with Gasteiger partial charge in [-0.1, -0.05) is 158 Å². The summed E-state index contributed by atoms with van der Waals surface area (Å²) in [5.41, 5.74) is 5.26. The van der Waals surface area contributed by atoms with Crippen LogP contribution in [0.25, 0.3) is 109 Å². The van der Waals surface area contributed by atoms with Gasteiger partial charge in [0.05, 0.1) is 0 Å². The number of rotatable bonds is 4. The average molecular weight is 692 g/mol. The van der Waals surface area contributed by atoms with Crippen molar-refractivity contribution in [2.24, 2.45) is 0 Å². The van der Waals surface area contributed by atoms with Crippen LogP contribution in [0.15, 0.2) is 176 Å². The smallest absolute Gasteiger partial charge is 0.164 e. The van der Waals surface area contributed by atoms with Crippen LogP contribution in [-0.4, -0.2) is 15.0 Å². The molecule has 4 heteroatoms. The first-order valence-corrected chi connectivity index (χ1v) is 18.7. The molecule has 2 heterocycles. The Morgan fingerprint density at radius 3 is 1.79 bits per heavy atom. The van der Waals surface area contributed by atoms with Gasteiger partial charge < -0.3 is 0 Å². The van der Waals surface area contributed by atoms with E-state index in [4.69, 9.17) is 15.0 Å². The molecule has 0 unspecified atom stereocenters. The molecule has 0 N–H and O–H groups in total. The van der Waals surface area contributed by atoms with E-state index in [1.54, 1.807) is 0 Å². The lowest BCUT2D eigenvalue weighted by molar-refractivity contribution is 1.08. The van der Waals surface area contributed by atoms with E-state index in [9.17, 15) is 0 Å². The molecule has 0 aliphatic carbocycles. The van der Waals surface area contributed by atoms with E-state index in [1.165, 1.54) is 63.6 Å². The summed E-state index contributed by atoms with van der Waals surface area (Å²) < 4.78 is 2.63. The van der Waals surface area contributed by atoms with E-state index in [2.05, 4.69) is 158 Å². The van der Waals surface area contributed by atoms with Crippen molar-refractivity contribution in [3.05, 3.63) is 176 Å². The van der Waals surface area contributed by atoms with Crippen LogP contribution in [0.2, 0.25) is 0 Å². The standard InChI is InChI=1S/C49H29N3S/c1-3-10-30(11-4-1)35-20-18-31-19-21-36(29-37(31)28-35)48-50-47(34-13-5-2-6-14-34)51-49(52-48)41-17-9-16-40-39(41)25-23-33-24-27-43-45(44(33)40)42-26-22-32-12-7-8-15-38(32)46(42)53-43/h1-29H. The first-order chi connectivity index (χ1) is 26.2. The zero-order chi connectivity index (χ0) is 34.9. The summed E-state index contributed by atoms with van der Waals surface area (Å²) in [7, 11) is 0. The fourth-order valence-corrected chi connectivity index (χ4v) is 9.16. The Morgan fingerprint density at radius 1 is 0.321 bits per heavy atom. The molecule has 0 aliphatic rings. The van der Waals surface area contributed by atoms with Gasteiger partial charge in [-0.15, -0.1) is 11.3 Å². The normalized spacial score (nSPS) is 11.8. The van der Waals surface area contributed by atoms with Gasteiger partial charge >= 0.3 is 0 Å². The predicted octanol–water partition coefficient (Wildman–Crippen LogP) is 13.5. The molecule has 11 aromatic rings. The van der Waals surface area contributed by atoms with Gasteiger partial charge in [0.2, 0.25) is 0 Å². The van der Waals surface area contributed by atoms with Crippen molar-refractivity contribution in [3.63, 3.8) is 0 Å². The third-order valence-corrected chi connectivity index (χ3v) is 11.7. The Kier molecular flexibility index (Phi) is 6.73. The minimum absolute atomic E-state index is 0.650. The molecule has 0 amide bonds. The van der Waals surface area contributed by atoms with Crippen LogP contribution in [0.1, 0.15) is 0 Å². The second-order valence-electron chi connectivity index (χ2n) is 13.6. The summed E-state index contributed by atoms with van der Waals surface area (Å²) in [4.78, 5) is 15.5. The average Bonchev–Trinajstić information content (AvgIpc) is 3.63. The highest BCUT2D eigenvalue weighted by Gasteiger charge is 2.18. The minimum Gasteiger partial charge on any atom is -0.208 e. The maximum Gasteiger partial charge on any atom is 0.164 e. The van der Waals surface area contributed by atoms with Crippen molar-refractivity contribution < 1.29 is 0 Å². The highest BCUT2D eigenvalue weighted by Crippen LogP contribution is 2.44. The largest absolute Gasteiger partial charge is 0.208 e. The predicted molar refractivity (Wildman–Crippen MR) is 224 cm³/mol. The van der Waals surface area contributed by atoms with Crippen LogP contribution in [-0.2, 0) is 0 Å². The molecule has 0 radical (unpaired) electrons. The fraction of sp³-hybridized carbons (Fsp3) is 0. The molecule has 0 fully saturated rings. The fourth-order valence-electron chi connectivity index (χ4n) is 7.91. The molecule has 0 spiro atoms. The zero-order valence-electron chi connectivity index (χ0n) is 28.5. The van der Waals surface area contributed by atoms with Crippen LogP contribution in [0.5, 0.6) is 0 Å². The number of hydrogen-bond acceptors (Lipinski definition) is 4. The van der Waals surface area contributed by atoms with E-state index < -0.39 is 0 Å². The maximum absolute atomic E-state index is 5.23. The molecular formula is C49H29N3S. The third-order valence-electron chi connectivity index (χ3n) is 10.5. The molecule has 2 aromatic heterocycles. The van der Waals surface area contributed by atoms with Crippen molar-refractivity contribution in [3.8, 4) is 45.3 Å². The number of nitrogens with zero attached hydrogens (tertiary/aromatic N) is 3. The minimum atomic E-state index is 0.650. The second kappa shape index (κ2) is 11.9. The summed E-state index contributed by atoms with van der Waals surface area (Å²) in [6.07, 6.45) is 0. The van der Waals surface area contributed by atoms with Gasteiger partial charge in [-0.05, 0) is 72.4 Å². The molecule has 0 atom stereocenters. The first kappa shape index (κ1) is 29.9. The molecular weight excluding hydrogens is 663 g/mol. The summed E-state index contributed by atoms with van der Waals surface area (Å²) in [5, 5.41) is 12.3. The van der Waals surface area contributed by atoms with Crippen LogP contribution in [0.4, 0.5) is 0 Å². The number of aromatic nitrogens is 3. The molecule has 0 saturated carbocycles. The lowest BCUT2D eigenvalue weighted by Crippen LogP contribution is -2.00. The quantitative estimate of drug-likeness (QED) is 0.172. The van der Waals surface area contributed by atoms with Crippen molar-refractivity contribution in [1.82, 2.24) is 15.0 Å².